The lowest BCUT2D eigenvalue weighted by atomic mass is 9.90. The van der Waals surface area contributed by atoms with Crippen LogP contribution in [0.2, 0.25) is 0 Å². The van der Waals surface area contributed by atoms with Gasteiger partial charge in [0.1, 0.15) is 0 Å². The van der Waals surface area contributed by atoms with Gasteiger partial charge in [0.15, 0.2) is 0 Å². The van der Waals surface area contributed by atoms with Crippen LogP contribution in [0, 0.1) is 0 Å². The summed E-state index contributed by atoms with van der Waals surface area (Å²) in [4.78, 5) is 2.23. The molecule has 1 rings (SSSR count). The number of nitrogens with zero attached hydrogens (tertiary/aromatic N) is 1. The Labute approximate surface area is 101 Å². The maximum Gasteiger partial charge on any atom is 0.389 e. The topological polar surface area (TPSA) is 23.5 Å². The molecule has 1 saturated heterocycles. The van der Waals surface area contributed by atoms with Crippen LogP contribution in [0.3, 0.4) is 0 Å². The summed E-state index contributed by atoms with van der Waals surface area (Å²) in [7, 11) is 0. The number of rotatable bonds is 4. The summed E-state index contributed by atoms with van der Waals surface area (Å²) < 4.78 is 36.5. The fraction of sp³-hybridized carbons (Fsp3) is 1.00. The van der Waals surface area contributed by atoms with E-state index in [0.29, 0.717) is 19.4 Å². The van der Waals surface area contributed by atoms with Crippen LogP contribution in [-0.4, -0.2) is 41.4 Å². The monoisotopic (exact) mass is 253 g/mol. The smallest absolute Gasteiger partial charge is 0.389 e. The second-order valence-electron chi connectivity index (χ2n) is 5.03. The Morgan fingerprint density at radius 2 is 1.94 bits per heavy atom. The molecule has 17 heavy (non-hydrogen) atoms. The van der Waals surface area contributed by atoms with Crippen molar-refractivity contribution in [2.45, 2.75) is 57.2 Å². The lowest BCUT2D eigenvalue weighted by molar-refractivity contribution is -0.147. The average Bonchev–Trinajstić information content (AvgIpc) is 2.39. The summed E-state index contributed by atoms with van der Waals surface area (Å²) in [5.74, 6) is 0. The van der Waals surface area contributed by atoms with Gasteiger partial charge in [-0.1, -0.05) is 6.92 Å². The molecule has 0 aromatic rings. The van der Waals surface area contributed by atoms with Crippen molar-refractivity contribution in [1.29, 1.82) is 0 Å². The third-order valence-corrected chi connectivity index (χ3v) is 3.42. The normalized spacial score (nSPS) is 28.1. The highest BCUT2D eigenvalue weighted by Gasteiger charge is 2.35. The third kappa shape index (κ3) is 5.73. The molecule has 0 aromatic carbocycles. The van der Waals surface area contributed by atoms with Gasteiger partial charge in [-0.25, -0.2) is 0 Å². The van der Waals surface area contributed by atoms with Crippen LogP contribution in [0.25, 0.3) is 0 Å². The minimum absolute atomic E-state index is 0.156. The van der Waals surface area contributed by atoms with Crippen molar-refractivity contribution < 1.29 is 18.3 Å². The Morgan fingerprint density at radius 1 is 1.24 bits per heavy atom. The molecule has 1 heterocycles. The van der Waals surface area contributed by atoms with E-state index in [1.54, 1.807) is 0 Å². The number of aliphatic hydroxyl groups is 1. The van der Waals surface area contributed by atoms with Crippen molar-refractivity contribution in [1.82, 2.24) is 4.90 Å². The minimum atomic E-state index is -4.16. The van der Waals surface area contributed by atoms with Crippen molar-refractivity contribution in [3.63, 3.8) is 0 Å². The van der Waals surface area contributed by atoms with Gasteiger partial charge in [-0.3, -0.25) is 0 Å². The molecule has 5 heteroatoms. The van der Waals surface area contributed by atoms with Crippen LogP contribution in [0.15, 0.2) is 0 Å². The van der Waals surface area contributed by atoms with Crippen LogP contribution in [0.5, 0.6) is 0 Å². The quantitative estimate of drug-likeness (QED) is 0.832. The second kappa shape index (κ2) is 6.05. The zero-order valence-electron chi connectivity index (χ0n) is 10.4. The largest absolute Gasteiger partial charge is 0.390 e. The van der Waals surface area contributed by atoms with Crippen LogP contribution in [0.1, 0.15) is 45.4 Å². The number of hydrogen-bond donors (Lipinski definition) is 1. The first kappa shape index (κ1) is 14.8. The fourth-order valence-electron chi connectivity index (χ4n) is 2.40. The summed E-state index contributed by atoms with van der Waals surface area (Å²) >= 11 is 0. The molecule has 0 spiro atoms. The number of hydrogen-bond acceptors (Lipinski definition) is 2. The Kier molecular flexibility index (Phi) is 5.25. The molecule has 2 nitrogen and oxygen atoms in total. The lowest BCUT2D eigenvalue weighted by Gasteiger charge is -2.27. The maximum absolute atomic E-state index is 12.2. The fourth-order valence-corrected chi connectivity index (χ4v) is 2.40. The lowest BCUT2D eigenvalue weighted by Crippen LogP contribution is -2.32. The van der Waals surface area contributed by atoms with Crippen molar-refractivity contribution in [2.75, 3.05) is 19.6 Å². The molecule has 0 aromatic heterocycles. The van der Waals surface area contributed by atoms with E-state index < -0.39 is 18.2 Å². The highest BCUT2D eigenvalue weighted by molar-refractivity contribution is 4.84. The first-order chi connectivity index (χ1) is 7.85. The van der Waals surface area contributed by atoms with E-state index >= 15 is 0 Å². The minimum Gasteiger partial charge on any atom is -0.390 e. The van der Waals surface area contributed by atoms with Crippen LogP contribution < -0.4 is 0 Å². The zero-order chi connectivity index (χ0) is 12.9. The SMILES string of the molecule is CCCN1CCCC(O)(CCC(F)(F)F)CC1. The summed E-state index contributed by atoms with van der Waals surface area (Å²) in [5.41, 5.74) is -1.11. The molecule has 0 aliphatic carbocycles. The van der Waals surface area contributed by atoms with E-state index in [4.69, 9.17) is 0 Å². The van der Waals surface area contributed by atoms with Gasteiger partial charge < -0.3 is 10.0 Å². The predicted molar refractivity (Wildman–Crippen MR) is 60.8 cm³/mol. The van der Waals surface area contributed by atoms with Crippen molar-refractivity contribution >= 4 is 0 Å². The number of alkyl halides is 3. The van der Waals surface area contributed by atoms with Gasteiger partial charge >= 0.3 is 6.18 Å². The summed E-state index contributed by atoms with van der Waals surface area (Å²) in [6.07, 6.45) is -2.42. The van der Waals surface area contributed by atoms with E-state index in [-0.39, 0.29) is 6.42 Å². The van der Waals surface area contributed by atoms with Crippen LogP contribution in [-0.2, 0) is 0 Å². The molecule has 1 fully saturated rings. The van der Waals surface area contributed by atoms with E-state index in [1.807, 2.05) is 0 Å². The Morgan fingerprint density at radius 3 is 2.53 bits per heavy atom. The summed E-state index contributed by atoms with van der Waals surface area (Å²) in [6.45, 7) is 4.65. The molecule has 0 radical (unpaired) electrons. The average molecular weight is 253 g/mol. The molecule has 1 aliphatic rings. The predicted octanol–water partition coefficient (Wildman–Crippen LogP) is 2.96. The summed E-state index contributed by atoms with van der Waals surface area (Å²) in [5, 5.41) is 10.2. The number of halogens is 3. The van der Waals surface area contributed by atoms with Crippen molar-refractivity contribution in [2.24, 2.45) is 0 Å². The Hall–Kier alpha value is -0.290. The van der Waals surface area contributed by atoms with Gasteiger partial charge in [0.05, 0.1) is 5.60 Å². The van der Waals surface area contributed by atoms with Gasteiger partial charge in [-0.2, -0.15) is 13.2 Å². The number of likely N-dealkylation sites (tertiary alicyclic amines) is 1. The van der Waals surface area contributed by atoms with Crippen LogP contribution >= 0.6 is 0 Å². The molecule has 0 saturated carbocycles. The molecular formula is C12H22F3NO. The molecule has 0 bridgehead atoms. The maximum atomic E-state index is 12.2. The molecule has 1 aliphatic heterocycles. The first-order valence-corrected chi connectivity index (χ1v) is 6.36. The van der Waals surface area contributed by atoms with E-state index in [2.05, 4.69) is 11.8 Å². The van der Waals surface area contributed by atoms with Crippen molar-refractivity contribution in [3.8, 4) is 0 Å². The van der Waals surface area contributed by atoms with Gasteiger partial charge in [0.25, 0.3) is 0 Å². The van der Waals surface area contributed by atoms with Gasteiger partial charge in [0.2, 0.25) is 0 Å². The molecule has 1 N–H and O–H groups in total. The third-order valence-electron chi connectivity index (χ3n) is 3.42. The zero-order valence-corrected chi connectivity index (χ0v) is 10.4. The van der Waals surface area contributed by atoms with Gasteiger partial charge in [-0.15, -0.1) is 0 Å². The van der Waals surface area contributed by atoms with E-state index in [1.165, 1.54) is 0 Å². The molecule has 1 atom stereocenters. The first-order valence-electron chi connectivity index (χ1n) is 6.36. The van der Waals surface area contributed by atoms with Gasteiger partial charge in [-0.05, 0) is 45.2 Å². The highest BCUT2D eigenvalue weighted by Crippen LogP contribution is 2.32. The Bertz CT molecular complexity index is 232. The second-order valence-corrected chi connectivity index (χ2v) is 5.03. The molecule has 102 valence electrons. The molecule has 1 unspecified atom stereocenters. The van der Waals surface area contributed by atoms with E-state index in [9.17, 15) is 18.3 Å². The van der Waals surface area contributed by atoms with Crippen LogP contribution in [0.4, 0.5) is 13.2 Å². The molecule has 0 amide bonds. The van der Waals surface area contributed by atoms with Crippen molar-refractivity contribution in [3.05, 3.63) is 0 Å². The molecular weight excluding hydrogens is 231 g/mol. The van der Waals surface area contributed by atoms with E-state index in [0.717, 1.165) is 25.9 Å². The standard InChI is InChI=1S/C12H22F3NO/c1-2-8-16-9-3-4-11(17,7-10-16)5-6-12(13,14)15/h17H,2-10H2,1H3. The highest BCUT2D eigenvalue weighted by atomic mass is 19.4. The summed E-state index contributed by atoms with van der Waals surface area (Å²) in [6, 6.07) is 0. The Balaban J connectivity index is 2.42. The van der Waals surface area contributed by atoms with Gasteiger partial charge in [0, 0.05) is 13.0 Å².